The number of oxime groups is 2. The van der Waals surface area contributed by atoms with E-state index in [1.807, 2.05) is 67.3 Å². The van der Waals surface area contributed by atoms with Crippen LogP contribution in [0.3, 0.4) is 0 Å². The van der Waals surface area contributed by atoms with Crippen LogP contribution in [-0.4, -0.2) is 55.3 Å². The number of rotatable bonds is 15. The Bertz CT molecular complexity index is 1350. The third kappa shape index (κ3) is 9.87. The number of hydrogen-bond acceptors (Lipinski definition) is 8. The molecule has 0 aliphatic carbocycles. The Morgan fingerprint density at radius 1 is 0.756 bits per heavy atom. The minimum absolute atomic E-state index is 0.0432. The molecule has 45 heavy (non-hydrogen) atoms. The van der Waals surface area contributed by atoms with Gasteiger partial charge in [0.05, 0.1) is 0 Å². The number of nitrogens with two attached hydrogens (primary N) is 3. The first-order valence-electron chi connectivity index (χ1n) is 15.4. The van der Waals surface area contributed by atoms with E-state index in [1.165, 1.54) is 0 Å². The Morgan fingerprint density at radius 3 is 1.64 bits per heavy atom. The van der Waals surface area contributed by atoms with E-state index in [4.69, 9.17) is 36.3 Å². The maximum Gasteiger partial charge on any atom is 0.254 e. The molecule has 4 rings (SSSR count). The molecule has 1 heterocycles. The first-order valence-corrected chi connectivity index (χ1v) is 15.4. The highest BCUT2D eigenvalue weighted by molar-refractivity contribution is 5.97. The van der Waals surface area contributed by atoms with Gasteiger partial charge in [-0.25, -0.2) is 0 Å². The molecule has 0 unspecified atom stereocenters. The average molecular weight is 617 g/mol. The Morgan fingerprint density at radius 2 is 1.22 bits per heavy atom. The summed E-state index contributed by atoms with van der Waals surface area (Å²) >= 11 is 0. The zero-order valence-corrected chi connectivity index (χ0v) is 26.1. The van der Waals surface area contributed by atoms with Crippen LogP contribution in [-0.2, 0) is 22.9 Å². The number of likely N-dealkylation sites (tertiary alicyclic amines) is 1. The normalized spacial score (nSPS) is 14.2. The summed E-state index contributed by atoms with van der Waals surface area (Å²) < 4.78 is 12.3. The number of hydrogen-bond donors (Lipinski definition) is 3. The van der Waals surface area contributed by atoms with E-state index in [-0.39, 0.29) is 19.1 Å². The van der Waals surface area contributed by atoms with Gasteiger partial charge in [-0.3, -0.25) is 4.79 Å². The molecule has 1 fully saturated rings. The quantitative estimate of drug-likeness (QED) is 0.129. The lowest BCUT2D eigenvalue weighted by Crippen LogP contribution is -2.38. The summed E-state index contributed by atoms with van der Waals surface area (Å²) in [5.74, 6) is 2.20. The van der Waals surface area contributed by atoms with E-state index in [9.17, 15) is 4.79 Å². The number of piperidine rings is 1. The van der Waals surface area contributed by atoms with Crippen molar-refractivity contribution in [3.05, 3.63) is 94.5 Å². The number of nitrogens with zero attached hydrogens (tertiary/aromatic N) is 3. The highest BCUT2D eigenvalue weighted by atomic mass is 16.6. The largest absolute Gasteiger partial charge is 0.489 e. The predicted octanol–water partition coefficient (Wildman–Crippen LogP) is 4.36. The van der Waals surface area contributed by atoms with E-state index in [0.717, 1.165) is 41.5 Å². The van der Waals surface area contributed by atoms with Gasteiger partial charge in [-0.1, -0.05) is 58.8 Å². The highest BCUT2D eigenvalue weighted by Crippen LogP contribution is 2.28. The number of amidine groups is 2. The lowest BCUT2D eigenvalue weighted by Gasteiger charge is -2.32. The van der Waals surface area contributed by atoms with Crippen LogP contribution >= 0.6 is 0 Å². The molecule has 1 saturated heterocycles. The number of carbonyl (C=O) groups is 1. The van der Waals surface area contributed by atoms with E-state index in [2.05, 4.69) is 10.3 Å². The molecule has 0 atom stereocenters. The Balaban J connectivity index is 1.48. The van der Waals surface area contributed by atoms with Crippen molar-refractivity contribution >= 4 is 17.6 Å². The Labute approximate surface area is 264 Å². The second-order valence-electron chi connectivity index (χ2n) is 10.8. The molecule has 11 heteroatoms. The van der Waals surface area contributed by atoms with Crippen LogP contribution in [0.5, 0.6) is 11.5 Å². The molecule has 0 spiro atoms. The van der Waals surface area contributed by atoms with Gasteiger partial charge >= 0.3 is 0 Å². The topological polar surface area (TPSA) is 160 Å². The molecule has 1 aliphatic rings. The van der Waals surface area contributed by atoms with Crippen molar-refractivity contribution in [1.29, 1.82) is 0 Å². The van der Waals surface area contributed by atoms with E-state index >= 15 is 0 Å². The monoisotopic (exact) mass is 616 g/mol. The first kappa shape index (κ1) is 33.1. The van der Waals surface area contributed by atoms with Crippen molar-refractivity contribution in [2.75, 3.05) is 32.8 Å². The second-order valence-corrected chi connectivity index (χ2v) is 10.8. The lowest BCUT2D eigenvalue weighted by molar-refractivity contribution is 0.0687. The van der Waals surface area contributed by atoms with Crippen molar-refractivity contribution in [3.63, 3.8) is 0 Å². The standard InChI is InChI=1S/C34H44N6O5/c1-3-44-38-32(36)27-9-5-25(6-10-27)22-42-30-19-29(34(41)40-17-14-24(13-16-35)15-18-40)20-31(21-30)43-23-26-7-11-28(12-8-26)33(37)39-45-4-2/h5-12,19-21,24H,3-4,13-18,22-23,35H2,1-2H3,(H2,36,38)(H2,37,39). The maximum atomic E-state index is 13.6. The van der Waals surface area contributed by atoms with Crippen molar-refractivity contribution in [3.8, 4) is 11.5 Å². The van der Waals surface area contributed by atoms with E-state index < -0.39 is 0 Å². The van der Waals surface area contributed by atoms with Crippen molar-refractivity contribution in [2.24, 2.45) is 33.4 Å². The van der Waals surface area contributed by atoms with Crippen LogP contribution < -0.4 is 26.7 Å². The van der Waals surface area contributed by atoms with Gasteiger partial charge in [0.15, 0.2) is 11.7 Å². The zero-order valence-electron chi connectivity index (χ0n) is 26.1. The minimum Gasteiger partial charge on any atom is -0.489 e. The molecule has 11 nitrogen and oxygen atoms in total. The predicted molar refractivity (Wildman–Crippen MR) is 175 cm³/mol. The fraction of sp³-hybridized carbons (Fsp3) is 0.382. The Hall–Kier alpha value is -4.77. The average Bonchev–Trinajstić information content (AvgIpc) is 3.08. The molecule has 1 amide bonds. The summed E-state index contributed by atoms with van der Waals surface area (Å²) in [7, 11) is 0. The molecule has 0 aromatic heterocycles. The molecule has 240 valence electrons. The summed E-state index contributed by atoms with van der Waals surface area (Å²) in [5, 5.41) is 7.76. The fourth-order valence-corrected chi connectivity index (χ4v) is 4.96. The number of amides is 1. The van der Waals surface area contributed by atoms with E-state index in [1.54, 1.807) is 18.2 Å². The smallest absolute Gasteiger partial charge is 0.254 e. The molecule has 3 aromatic carbocycles. The second kappa shape index (κ2) is 16.9. The maximum absolute atomic E-state index is 13.6. The number of benzene rings is 3. The lowest BCUT2D eigenvalue weighted by atomic mass is 9.93. The molecular formula is C34H44N6O5. The van der Waals surface area contributed by atoms with Gasteiger partial charge in [-0.15, -0.1) is 0 Å². The minimum atomic E-state index is -0.0432. The first-order chi connectivity index (χ1) is 21.9. The molecule has 0 radical (unpaired) electrons. The molecule has 1 aliphatic heterocycles. The SMILES string of the molecule is CCON=C(N)c1ccc(COc2cc(OCc3ccc(C(N)=NOCC)cc3)cc(C(=O)N3CCC(CCN)CC3)c2)cc1. The van der Waals surface area contributed by atoms with Crippen LogP contribution in [0.1, 0.15) is 65.7 Å². The summed E-state index contributed by atoms with van der Waals surface area (Å²) in [6, 6.07) is 20.5. The van der Waals surface area contributed by atoms with Crippen LogP contribution in [0.4, 0.5) is 0 Å². The van der Waals surface area contributed by atoms with Gasteiger partial charge in [0.25, 0.3) is 5.91 Å². The van der Waals surface area contributed by atoms with Crippen LogP contribution in [0, 0.1) is 5.92 Å². The summed E-state index contributed by atoms with van der Waals surface area (Å²) in [6.45, 7) is 7.23. The zero-order chi connectivity index (χ0) is 32.0. The van der Waals surface area contributed by atoms with Gasteiger partial charge in [-0.2, -0.15) is 0 Å². The number of carbonyl (C=O) groups excluding carboxylic acids is 1. The fourth-order valence-electron chi connectivity index (χ4n) is 4.96. The van der Waals surface area contributed by atoms with Crippen molar-refractivity contribution < 1.29 is 23.9 Å². The molecule has 0 saturated carbocycles. The third-order valence-corrected chi connectivity index (χ3v) is 7.50. The van der Waals surface area contributed by atoms with Crippen molar-refractivity contribution in [1.82, 2.24) is 4.90 Å². The Kier molecular flexibility index (Phi) is 12.4. The van der Waals surface area contributed by atoms with Crippen LogP contribution in [0.2, 0.25) is 0 Å². The summed E-state index contributed by atoms with van der Waals surface area (Å²) in [4.78, 5) is 25.6. The molecular weight excluding hydrogens is 572 g/mol. The third-order valence-electron chi connectivity index (χ3n) is 7.50. The number of ether oxygens (including phenoxy) is 2. The molecule has 0 bridgehead atoms. The molecule has 6 N–H and O–H groups in total. The highest BCUT2D eigenvalue weighted by Gasteiger charge is 2.24. The van der Waals surface area contributed by atoms with Crippen molar-refractivity contribution in [2.45, 2.75) is 46.3 Å². The van der Waals surface area contributed by atoms with Gasteiger partial charge in [-0.05, 0) is 68.8 Å². The van der Waals surface area contributed by atoms with Gasteiger partial charge in [0, 0.05) is 35.8 Å². The van der Waals surface area contributed by atoms with Crippen LogP contribution in [0.15, 0.2) is 77.0 Å². The van der Waals surface area contributed by atoms with Crippen LogP contribution in [0.25, 0.3) is 0 Å². The van der Waals surface area contributed by atoms with Gasteiger partial charge in [0.2, 0.25) is 0 Å². The van der Waals surface area contributed by atoms with Gasteiger partial charge in [0.1, 0.15) is 37.9 Å². The summed E-state index contributed by atoms with van der Waals surface area (Å²) in [6.07, 6.45) is 2.89. The molecule has 3 aromatic rings. The van der Waals surface area contributed by atoms with E-state index in [0.29, 0.717) is 67.5 Å². The van der Waals surface area contributed by atoms with Gasteiger partial charge < -0.3 is 41.2 Å². The summed E-state index contributed by atoms with van der Waals surface area (Å²) in [5.41, 5.74) is 21.6.